The summed E-state index contributed by atoms with van der Waals surface area (Å²) in [6.45, 7) is 7.97. The normalized spacial score (nSPS) is 14.0. The largest absolute Gasteiger partial charge is 0.467 e. The van der Waals surface area contributed by atoms with E-state index >= 15 is 0 Å². The summed E-state index contributed by atoms with van der Waals surface area (Å²) in [6.07, 6.45) is -5.81. The number of ether oxygens (including phenoxy) is 2. The zero-order chi connectivity index (χ0) is 25.2. The number of carbonyl (C=O) groups excluding carboxylic acids is 2. The molecule has 2 N–H and O–H groups in total. The van der Waals surface area contributed by atoms with Gasteiger partial charge in [-0.15, -0.1) is 0 Å². The number of amides is 1. The molecule has 0 saturated heterocycles. The summed E-state index contributed by atoms with van der Waals surface area (Å²) >= 11 is 0. The molecule has 2 rings (SSSR count). The first-order valence-electron chi connectivity index (χ1n) is 10.5. The Balaban J connectivity index is 3.00. The molecule has 182 valence electrons. The molecule has 1 heterocycles. The number of aryl methyl sites for hydroxylation is 2. The van der Waals surface area contributed by atoms with Crippen LogP contribution in [0.4, 0.5) is 18.0 Å². The fourth-order valence-corrected chi connectivity index (χ4v) is 3.64. The lowest BCUT2D eigenvalue weighted by Crippen LogP contribution is -2.64. The van der Waals surface area contributed by atoms with Crippen molar-refractivity contribution in [1.82, 2.24) is 10.3 Å². The molecule has 0 saturated carbocycles. The number of fused-ring (bicyclic) bond motifs is 1. The number of hydrogen-bond donors (Lipinski definition) is 2. The highest BCUT2D eigenvalue weighted by atomic mass is 19.4. The highest BCUT2D eigenvalue weighted by molar-refractivity contribution is 5.92. The number of aromatic amines is 1. The SMILES string of the molecule is CCCCc1c(C(NC(=O)OC(C)(C)C)(C(=O)OC)C(F)(F)F)c(=O)[nH]c2ccc(C)cc12. The summed E-state index contributed by atoms with van der Waals surface area (Å²) in [7, 11) is 0.755. The number of pyridine rings is 1. The average molecular weight is 470 g/mol. The van der Waals surface area contributed by atoms with Gasteiger partial charge in [-0.25, -0.2) is 9.59 Å². The lowest BCUT2D eigenvalue weighted by molar-refractivity contribution is -0.214. The Kier molecular flexibility index (Phi) is 7.50. The Morgan fingerprint density at radius 2 is 1.79 bits per heavy atom. The summed E-state index contributed by atoms with van der Waals surface area (Å²) in [5.41, 5.74) is -5.95. The molecule has 0 aliphatic rings. The molecular formula is C23H29F3N2O5. The lowest BCUT2D eigenvalue weighted by Gasteiger charge is -2.35. The fraction of sp³-hybridized carbons (Fsp3) is 0.522. The van der Waals surface area contributed by atoms with Gasteiger partial charge in [0, 0.05) is 10.9 Å². The van der Waals surface area contributed by atoms with E-state index in [1.807, 2.05) is 6.92 Å². The first-order chi connectivity index (χ1) is 15.2. The van der Waals surface area contributed by atoms with Crippen LogP contribution >= 0.6 is 0 Å². The van der Waals surface area contributed by atoms with Gasteiger partial charge in [-0.1, -0.05) is 25.0 Å². The van der Waals surface area contributed by atoms with E-state index in [0.29, 0.717) is 23.7 Å². The van der Waals surface area contributed by atoms with Crippen molar-refractivity contribution in [3.8, 4) is 0 Å². The Hall–Kier alpha value is -3.04. The number of hydrogen-bond acceptors (Lipinski definition) is 5. The van der Waals surface area contributed by atoms with E-state index in [1.54, 1.807) is 30.4 Å². The van der Waals surface area contributed by atoms with E-state index in [-0.39, 0.29) is 12.0 Å². The number of nitrogens with one attached hydrogen (secondary N) is 2. The molecule has 0 radical (unpaired) electrons. The zero-order valence-corrected chi connectivity index (χ0v) is 19.5. The van der Waals surface area contributed by atoms with Gasteiger partial charge < -0.3 is 14.5 Å². The summed E-state index contributed by atoms with van der Waals surface area (Å²) in [5.74, 6) is -1.85. The maximum atomic E-state index is 14.7. The number of unbranched alkanes of at least 4 members (excludes halogenated alkanes) is 1. The molecule has 1 amide bonds. The molecule has 10 heteroatoms. The summed E-state index contributed by atoms with van der Waals surface area (Å²) in [5, 5.41) is 2.00. The van der Waals surface area contributed by atoms with Gasteiger partial charge in [0.2, 0.25) is 0 Å². The van der Waals surface area contributed by atoms with E-state index in [1.165, 1.54) is 20.8 Å². The number of H-pyrrole nitrogens is 1. The van der Waals surface area contributed by atoms with Gasteiger partial charge in [0.1, 0.15) is 5.60 Å². The minimum Gasteiger partial charge on any atom is -0.467 e. The maximum Gasteiger partial charge on any atom is 0.427 e. The Bertz CT molecular complexity index is 1100. The molecule has 0 aliphatic heterocycles. The quantitative estimate of drug-likeness (QED) is 0.600. The van der Waals surface area contributed by atoms with Gasteiger partial charge in [0.25, 0.3) is 11.1 Å². The summed E-state index contributed by atoms with van der Waals surface area (Å²) in [6, 6.07) is 4.92. The Morgan fingerprint density at radius 3 is 2.30 bits per heavy atom. The molecule has 1 aromatic heterocycles. The van der Waals surface area contributed by atoms with Gasteiger partial charge in [0.15, 0.2) is 0 Å². The third-order valence-corrected chi connectivity index (χ3v) is 5.04. The van der Waals surface area contributed by atoms with Crippen molar-refractivity contribution in [2.45, 2.75) is 71.2 Å². The Labute approximate surface area is 189 Å². The number of aromatic nitrogens is 1. The zero-order valence-electron chi connectivity index (χ0n) is 19.5. The molecule has 2 aromatic rings. The monoisotopic (exact) mass is 470 g/mol. The number of halogens is 3. The first-order valence-corrected chi connectivity index (χ1v) is 10.5. The molecule has 1 unspecified atom stereocenters. The van der Waals surface area contributed by atoms with Crippen LogP contribution < -0.4 is 10.9 Å². The van der Waals surface area contributed by atoms with Crippen molar-refractivity contribution >= 4 is 23.0 Å². The van der Waals surface area contributed by atoms with Crippen LogP contribution in [0.15, 0.2) is 23.0 Å². The molecule has 7 nitrogen and oxygen atoms in total. The van der Waals surface area contributed by atoms with Crippen LogP contribution in [0.5, 0.6) is 0 Å². The van der Waals surface area contributed by atoms with E-state index in [4.69, 9.17) is 4.74 Å². The third-order valence-electron chi connectivity index (χ3n) is 5.04. The van der Waals surface area contributed by atoms with Crippen LogP contribution in [-0.4, -0.2) is 35.9 Å². The minimum absolute atomic E-state index is 0.0121. The van der Waals surface area contributed by atoms with E-state index < -0.39 is 40.5 Å². The molecule has 0 spiro atoms. The van der Waals surface area contributed by atoms with Crippen molar-refractivity contribution in [2.75, 3.05) is 7.11 Å². The predicted molar refractivity (Wildman–Crippen MR) is 117 cm³/mol. The molecule has 0 aliphatic carbocycles. The van der Waals surface area contributed by atoms with Crippen molar-refractivity contribution < 1.29 is 32.2 Å². The molecule has 33 heavy (non-hydrogen) atoms. The third kappa shape index (κ3) is 5.31. The second kappa shape index (κ2) is 9.44. The van der Waals surface area contributed by atoms with Crippen LogP contribution in [0, 0.1) is 6.92 Å². The lowest BCUT2D eigenvalue weighted by atomic mass is 9.83. The van der Waals surface area contributed by atoms with Gasteiger partial charge in [0.05, 0.1) is 12.7 Å². The van der Waals surface area contributed by atoms with Crippen molar-refractivity contribution in [3.05, 3.63) is 45.2 Å². The highest BCUT2D eigenvalue weighted by Crippen LogP contribution is 2.42. The number of esters is 1. The number of alkyl halides is 3. The fourth-order valence-electron chi connectivity index (χ4n) is 3.64. The summed E-state index contributed by atoms with van der Waals surface area (Å²) in [4.78, 5) is 40.9. The standard InChI is InChI=1S/C23H29F3N2O5/c1-7-8-9-14-15-12-13(2)10-11-16(15)27-18(29)17(14)22(19(30)32-6,23(24,25)26)28-20(31)33-21(3,4)5/h10-12H,7-9H2,1-6H3,(H,27,29)(H,28,31). The molecule has 1 atom stereocenters. The van der Waals surface area contributed by atoms with Gasteiger partial charge in [-0.2, -0.15) is 13.2 Å². The highest BCUT2D eigenvalue weighted by Gasteiger charge is 2.66. The second-order valence-electron chi connectivity index (χ2n) is 8.83. The number of rotatable bonds is 6. The van der Waals surface area contributed by atoms with E-state index in [2.05, 4.69) is 9.72 Å². The van der Waals surface area contributed by atoms with Crippen molar-refractivity contribution in [1.29, 1.82) is 0 Å². The van der Waals surface area contributed by atoms with Gasteiger partial charge in [-0.05, 0) is 58.2 Å². The number of benzene rings is 1. The molecule has 1 aromatic carbocycles. The van der Waals surface area contributed by atoms with Gasteiger partial charge >= 0.3 is 18.2 Å². The molecule has 0 fully saturated rings. The van der Waals surface area contributed by atoms with Crippen LogP contribution in [0.3, 0.4) is 0 Å². The summed E-state index contributed by atoms with van der Waals surface area (Å²) < 4.78 is 53.7. The number of alkyl carbamates (subject to hydrolysis) is 1. The van der Waals surface area contributed by atoms with Crippen LogP contribution in [0.2, 0.25) is 0 Å². The van der Waals surface area contributed by atoms with E-state index in [9.17, 15) is 27.6 Å². The van der Waals surface area contributed by atoms with Gasteiger partial charge in [-0.3, -0.25) is 10.1 Å². The first kappa shape index (κ1) is 26.2. The van der Waals surface area contributed by atoms with Crippen LogP contribution in [0.25, 0.3) is 10.9 Å². The topological polar surface area (TPSA) is 97.5 Å². The predicted octanol–water partition coefficient (Wildman–Crippen LogP) is 4.63. The number of methoxy groups -OCH3 is 1. The molecule has 0 bridgehead atoms. The second-order valence-corrected chi connectivity index (χ2v) is 8.83. The minimum atomic E-state index is -5.43. The smallest absolute Gasteiger partial charge is 0.427 e. The van der Waals surface area contributed by atoms with Crippen LogP contribution in [-0.2, 0) is 26.2 Å². The Morgan fingerprint density at radius 1 is 1.15 bits per heavy atom. The number of carbonyl (C=O) groups is 2. The van der Waals surface area contributed by atoms with Crippen molar-refractivity contribution in [3.63, 3.8) is 0 Å². The van der Waals surface area contributed by atoms with Crippen LogP contribution in [0.1, 0.15) is 57.2 Å². The van der Waals surface area contributed by atoms with E-state index in [0.717, 1.165) is 12.7 Å². The molecular weight excluding hydrogens is 441 g/mol. The van der Waals surface area contributed by atoms with Crippen molar-refractivity contribution in [2.24, 2.45) is 0 Å². The average Bonchev–Trinajstić information content (AvgIpc) is 2.67. The maximum absolute atomic E-state index is 14.7.